The molecule has 1 fully saturated rings. The van der Waals surface area contributed by atoms with Gasteiger partial charge >= 0.3 is 7.12 Å². The third-order valence-corrected chi connectivity index (χ3v) is 5.87. The van der Waals surface area contributed by atoms with Crippen molar-refractivity contribution in [1.29, 1.82) is 0 Å². The zero-order valence-electron chi connectivity index (χ0n) is 12.5. The fourth-order valence-electron chi connectivity index (χ4n) is 2.64. The van der Waals surface area contributed by atoms with E-state index < -0.39 is 17.1 Å². The molecule has 1 aromatic heterocycles. The van der Waals surface area contributed by atoms with E-state index in [1.54, 1.807) is 24.3 Å². The Morgan fingerprint density at radius 1 is 1.04 bits per heavy atom. The Kier molecular flexibility index (Phi) is 4.54. The van der Waals surface area contributed by atoms with Crippen LogP contribution in [0.2, 0.25) is 0 Å². The van der Waals surface area contributed by atoms with Crippen LogP contribution in [0.1, 0.15) is 19.3 Å². The largest absolute Gasteiger partial charge is 0.491 e. The molecule has 2 N–H and O–H groups in total. The number of sulfonamides is 1. The summed E-state index contributed by atoms with van der Waals surface area (Å²) < 4.78 is 28.1. The molecule has 1 aliphatic rings. The van der Waals surface area contributed by atoms with E-state index in [4.69, 9.17) is 10.0 Å². The minimum Gasteiger partial charge on any atom is -0.423 e. The molecule has 9 heteroatoms. The van der Waals surface area contributed by atoms with E-state index in [1.165, 1.54) is 21.4 Å². The van der Waals surface area contributed by atoms with Crippen molar-refractivity contribution in [3.05, 3.63) is 36.7 Å². The molecule has 1 aromatic carbocycles. The van der Waals surface area contributed by atoms with Crippen LogP contribution in [0.3, 0.4) is 0 Å². The molecule has 0 aliphatic carbocycles. The lowest BCUT2D eigenvalue weighted by atomic mass is 9.83. The Labute approximate surface area is 135 Å². The van der Waals surface area contributed by atoms with Crippen LogP contribution in [0.4, 0.5) is 0 Å². The molecule has 2 heterocycles. The second-order valence-corrected chi connectivity index (χ2v) is 7.49. The molecule has 3 rings (SSSR count). The van der Waals surface area contributed by atoms with Crippen LogP contribution in [0.15, 0.2) is 41.6 Å². The van der Waals surface area contributed by atoms with E-state index in [0.717, 1.165) is 19.3 Å². The summed E-state index contributed by atoms with van der Waals surface area (Å²) in [7, 11) is -5.03. The monoisotopic (exact) mass is 335 g/mol. The summed E-state index contributed by atoms with van der Waals surface area (Å²) in [6.07, 6.45) is 5.71. The quantitative estimate of drug-likeness (QED) is 0.750. The first-order valence-corrected chi connectivity index (χ1v) is 8.94. The van der Waals surface area contributed by atoms with Crippen LogP contribution in [0, 0.1) is 0 Å². The maximum absolute atomic E-state index is 12.6. The van der Waals surface area contributed by atoms with Gasteiger partial charge in [0.05, 0.1) is 10.6 Å². The minimum atomic E-state index is -3.45. The van der Waals surface area contributed by atoms with Crippen molar-refractivity contribution in [1.82, 2.24) is 14.1 Å². The molecule has 2 aromatic rings. The van der Waals surface area contributed by atoms with Crippen LogP contribution >= 0.6 is 0 Å². The standard InChI is InChI=1S/C14H18BN3O4S/c19-15(20)12-10-16-18(11-12)13-4-6-14(7-5-13)23(21,22)17-8-2-1-3-9-17/h4-7,10-11,19-20H,1-3,8-9H2. The number of aromatic nitrogens is 2. The number of benzene rings is 1. The fraction of sp³-hybridized carbons (Fsp3) is 0.357. The Hall–Kier alpha value is -1.68. The third kappa shape index (κ3) is 3.32. The van der Waals surface area contributed by atoms with Gasteiger partial charge in [-0.15, -0.1) is 0 Å². The molecule has 0 unspecified atom stereocenters. The van der Waals surface area contributed by atoms with Gasteiger partial charge < -0.3 is 10.0 Å². The molecule has 23 heavy (non-hydrogen) atoms. The normalized spacial score (nSPS) is 16.4. The molecule has 0 spiro atoms. The zero-order chi connectivity index (χ0) is 16.4. The topological polar surface area (TPSA) is 95.7 Å². The minimum absolute atomic E-state index is 0.262. The van der Waals surface area contributed by atoms with Crippen molar-refractivity contribution in [2.24, 2.45) is 0 Å². The van der Waals surface area contributed by atoms with Crippen LogP contribution in [0.25, 0.3) is 5.69 Å². The van der Waals surface area contributed by atoms with E-state index in [-0.39, 0.29) is 10.4 Å². The van der Waals surface area contributed by atoms with Gasteiger partial charge in [-0.25, -0.2) is 13.1 Å². The first kappa shape index (κ1) is 16.2. The van der Waals surface area contributed by atoms with E-state index in [0.29, 0.717) is 18.8 Å². The molecular weight excluding hydrogens is 317 g/mol. The van der Waals surface area contributed by atoms with Crippen molar-refractivity contribution in [2.75, 3.05) is 13.1 Å². The number of piperidine rings is 1. The number of hydrogen-bond donors (Lipinski definition) is 2. The molecule has 122 valence electrons. The second-order valence-electron chi connectivity index (χ2n) is 5.55. The molecule has 1 aliphatic heterocycles. The lowest BCUT2D eigenvalue weighted by Crippen LogP contribution is -2.35. The molecule has 0 radical (unpaired) electrons. The van der Waals surface area contributed by atoms with Crippen LogP contribution < -0.4 is 5.46 Å². The first-order chi connectivity index (χ1) is 11.0. The van der Waals surface area contributed by atoms with Gasteiger partial charge in [-0.2, -0.15) is 9.40 Å². The Morgan fingerprint density at radius 3 is 2.26 bits per heavy atom. The van der Waals surface area contributed by atoms with Crippen molar-refractivity contribution in [2.45, 2.75) is 24.2 Å². The van der Waals surface area contributed by atoms with Gasteiger partial charge in [0, 0.05) is 30.9 Å². The lowest BCUT2D eigenvalue weighted by Gasteiger charge is -2.25. The average Bonchev–Trinajstić information content (AvgIpc) is 3.06. The van der Waals surface area contributed by atoms with Crippen molar-refractivity contribution in [3.63, 3.8) is 0 Å². The summed E-state index contributed by atoms with van der Waals surface area (Å²) in [5.41, 5.74) is 0.921. The van der Waals surface area contributed by atoms with E-state index in [9.17, 15) is 8.42 Å². The molecular formula is C14H18BN3O4S. The van der Waals surface area contributed by atoms with Crippen LogP contribution in [-0.2, 0) is 10.0 Å². The van der Waals surface area contributed by atoms with E-state index in [2.05, 4.69) is 5.10 Å². The maximum atomic E-state index is 12.6. The van der Waals surface area contributed by atoms with Gasteiger partial charge in [-0.05, 0) is 37.1 Å². The summed E-state index contributed by atoms with van der Waals surface area (Å²) in [6.45, 7) is 1.14. The van der Waals surface area contributed by atoms with Gasteiger partial charge in [-0.3, -0.25) is 0 Å². The maximum Gasteiger partial charge on any atom is 0.491 e. The van der Waals surface area contributed by atoms with Crippen molar-refractivity contribution < 1.29 is 18.5 Å². The lowest BCUT2D eigenvalue weighted by molar-refractivity contribution is 0.346. The molecule has 1 saturated heterocycles. The highest BCUT2D eigenvalue weighted by atomic mass is 32.2. The fourth-order valence-corrected chi connectivity index (χ4v) is 4.15. The molecule has 0 atom stereocenters. The SMILES string of the molecule is O=S(=O)(c1ccc(-n2cc(B(O)O)cn2)cc1)N1CCCCC1. The zero-order valence-corrected chi connectivity index (χ0v) is 13.4. The Balaban J connectivity index is 1.83. The smallest absolute Gasteiger partial charge is 0.423 e. The summed E-state index contributed by atoms with van der Waals surface area (Å²) in [5, 5.41) is 22.2. The van der Waals surface area contributed by atoms with Gasteiger partial charge in [-0.1, -0.05) is 6.42 Å². The molecule has 7 nitrogen and oxygen atoms in total. The number of nitrogens with zero attached hydrogens (tertiary/aromatic N) is 3. The Morgan fingerprint density at radius 2 is 1.70 bits per heavy atom. The highest BCUT2D eigenvalue weighted by molar-refractivity contribution is 7.89. The van der Waals surface area contributed by atoms with E-state index in [1.807, 2.05) is 0 Å². The van der Waals surface area contributed by atoms with Gasteiger partial charge in [0.2, 0.25) is 10.0 Å². The van der Waals surface area contributed by atoms with Gasteiger partial charge in [0.25, 0.3) is 0 Å². The van der Waals surface area contributed by atoms with Crippen LogP contribution in [-0.4, -0.2) is 52.8 Å². The van der Waals surface area contributed by atoms with Crippen molar-refractivity contribution in [3.8, 4) is 5.69 Å². The molecule has 0 amide bonds. The first-order valence-electron chi connectivity index (χ1n) is 7.50. The average molecular weight is 335 g/mol. The highest BCUT2D eigenvalue weighted by Crippen LogP contribution is 2.21. The molecule has 0 bridgehead atoms. The van der Waals surface area contributed by atoms with Crippen LogP contribution in [0.5, 0.6) is 0 Å². The van der Waals surface area contributed by atoms with Gasteiger partial charge in [0.1, 0.15) is 0 Å². The summed E-state index contributed by atoms with van der Waals surface area (Å²) in [6, 6.07) is 6.40. The predicted octanol–water partition coefficient (Wildman–Crippen LogP) is -0.273. The van der Waals surface area contributed by atoms with Gasteiger partial charge in [0.15, 0.2) is 0 Å². The third-order valence-electron chi connectivity index (χ3n) is 3.95. The summed E-state index contributed by atoms with van der Waals surface area (Å²) in [5.74, 6) is 0. The summed E-state index contributed by atoms with van der Waals surface area (Å²) >= 11 is 0. The summed E-state index contributed by atoms with van der Waals surface area (Å²) in [4.78, 5) is 0.262. The Bertz CT molecular complexity index is 768. The molecule has 0 saturated carbocycles. The highest BCUT2D eigenvalue weighted by Gasteiger charge is 2.25. The number of rotatable bonds is 4. The second kappa shape index (κ2) is 6.44. The predicted molar refractivity (Wildman–Crippen MR) is 86.0 cm³/mol. The number of hydrogen-bond acceptors (Lipinski definition) is 5. The van der Waals surface area contributed by atoms with E-state index >= 15 is 0 Å². The van der Waals surface area contributed by atoms with Crippen molar-refractivity contribution >= 4 is 22.6 Å².